The molecule has 2 amide bonds. The van der Waals surface area contributed by atoms with Crippen LogP contribution in [0.2, 0.25) is 0 Å². The summed E-state index contributed by atoms with van der Waals surface area (Å²) in [5.74, 6) is -1.99. The zero-order chi connectivity index (χ0) is 18.4. The average molecular weight is 340 g/mol. The maximum absolute atomic E-state index is 12.1. The number of fused-ring (bicyclic) bond motifs is 1. The Morgan fingerprint density at radius 1 is 1.16 bits per heavy atom. The van der Waals surface area contributed by atoms with Crippen molar-refractivity contribution < 1.29 is 19.2 Å². The van der Waals surface area contributed by atoms with E-state index in [9.17, 15) is 14.4 Å². The average Bonchev–Trinajstić information content (AvgIpc) is 3.01. The van der Waals surface area contributed by atoms with Crippen LogP contribution in [0, 0.1) is 0 Å². The number of carbonyl (C=O) groups is 3. The number of ketones is 1. The molecule has 1 heterocycles. The topological polar surface area (TPSA) is 95.8 Å². The Labute approximate surface area is 145 Å². The molecule has 2 rings (SSSR count). The Morgan fingerprint density at radius 2 is 1.88 bits per heavy atom. The first-order valence-corrected chi connectivity index (χ1v) is 8.03. The highest BCUT2D eigenvalue weighted by Gasteiger charge is 2.31. The Morgan fingerprint density at radius 3 is 2.56 bits per heavy atom. The van der Waals surface area contributed by atoms with Crippen LogP contribution in [0.1, 0.15) is 26.2 Å². The van der Waals surface area contributed by atoms with Crippen LogP contribution in [0.15, 0.2) is 36.5 Å². The van der Waals surface area contributed by atoms with Crippen molar-refractivity contribution in [3.05, 3.63) is 42.1 Å². The van der Waals surface area contributed by atoms with Crippen LogP contribution in [-0.4, -0.2) is 44.6 Å². The summed E-state index contributed by atoms with van der Waals surface area (Å²) in [6.07, 6.45) is 3.58. The van der Waals surface area contributed by atoms with Gasteiger partial charge in [0, 0.05) is 38.7 Å². The fourth-order valence-electron chi connectivity index (χ4n) is 2.60. The van der Waals surface area contributed by atoms with Crippen molar-refractivity contribution in [1.82, 2.24) is 9.47 Å². The summed E-state index contributed by atoms with van der Waals surface area (Å²) in [6.45, 7) is 1.88. The van der Waals surface area contributed by atoms with Gasteiger partial charge in [-0.3, -0.25) is 19.3 Å². The first kappa shape index (κ1) is 18.3. The van der Waals surface area contributed by atoms with Crippen LogP contribution in [0.25, 0.3) is 16.4 Å². The largest absolute Gasteiger partial charge is 0.421 e. The second kappa shape index (κ2) is 8.17. The predicted molar refractivity (Wildman–Crippen MR) is 92.9 cm³/mol. The molecule has 1 aromatic heterocycles. The molecule has 25 heavy (non-hydrogen) atoms. The Bertz CT molecular complexity index is 862. The van der Waals surface area contributed by atoms with E-state index in [1.807, 2.05) is 36.5 Å². The lowest BCUT2D eigenvalue weighted by Gasteiger charge is -2.12. The van der Waals surface area contributed by atoms with Crippen molar-refractivity contribution in [2.45, 2.75) is 32.7 Å². The van der Waals surface area contributed by atoms with E-state index >= 15 is 0 Å². The summed E-state index contributed by atoms with van der Waals surface area (Å²) >= 11 is 0. The van der Waals surface area contributed by atoms with Gasteiger partial charge in [-0.1, -0.05) is 18.2 Å². The molecule has 7 heteroatoms. The molecule has 0 unspecified atom stereocenters. The number of rotatable bonds is 7. The molecule has 0 bridgehead atoms. The fraction of sp³-hybridized carbons (Fsp3) is 0.333. The van der Waals surface area contributed by atoms with Gasteiger partial charge < -0.3 is 10.1 Å². The van der Waals surface area contributed by atoms with Gasteiger partial charge in [0.2, 0.25) is 11.7 Å². The summed E-state index contributed by atoms with van der Waals surface area (Å²) in [5, 5.41) is 1.17. The number of imide groups is 1. The van der Waals surface area contributed by atoms with Crippen LogP contribution in [0.3, 0.4) is 0 Å². The van der Waals surface area contributed by atoms with Gasteiger partial charge in [-0.25, -0.2) is 0 Å². The summed E-state index contributed by atoms with van der Waals surface area (Å²) in [7, 11) is 1.28. The number of carbonyl (C=O) groups excluding carboxylic acids is 3. The number of Topliss-reactive ketones (excluding diaryl/α,β-unsaturated/α-hetero) is 1. The molecule has 0 radical (unpaired) electrons. The molecule has 2 aromatic rings. The van der Waals surface area contributed by atoms with Gasteiger partial charge in [0.15, 0.2) is 0 Å². The molecule has 0 atom stereocenters. The standard InChI is InChI=1S/C18H20N4O3/c1-13(23)17(20-19)18(25)21(2)16(24)9-5-6-11-22-12-10-14-7-3-4-8-15(14)22/h3-4,7-8,10,12H,5-6,9,11H2,1-2H3. The Balaban J connectivity index is 1.85. The summed E-state index contributed by atoms with van der Waals surface area (Å²) in [5.41, 5.74) is 9.21. The van der Waals surface area contributed by atoms with Crippen molar-refractivity contribution in [3.63, 3.8) is 0 Å². The molecule has 0 spiro atoms. The number of unbranched alkanes of at least 4 members (excludes halogenated alkanes) is 1. The van der Waals surface area contributed by atoms with Gasteiger partial charge in [-0.05, 0) is 30.4 Å². The van der Waals surface area contributed by atoms with Gasteiger partial charge in [0.05, 0.1) is 0 Å². The van der Waals surface area contributed by atoms with Gasteiger partial charge >= 0.3 is 11.6 Å². The highest BCUT2D eigenvalue weighted by Crippen LogP contribution is 2.16. The van der Waals surface area contributed by atoms with Crippen molar-refractivity contribution >= 4 is 34.2 Å². The van der Waals surface area contributed by atoms with E-state index in [1.165, 1.54) is 12.4 Å². The molecule has 1 aromatic carbocycles. The molecule has 7 nitrogen and oxygen atoms in total. The third kappa shape index (κ3) is 4.28. The first-order chi connectivity index (χ1) is 12.0. The lowest BCUT2D eigenvalue weighted by molar-refractivity contribution is -0.142. The number of para-hydroxylation sites is 1. The third-order valence-corrected chi connectivity index (χ3v) is 4.03. The lowest BCUT2D eigenvalue weighted by Crippen LogP contribution is -2.41. The van der Waals surface area contributed by atoms with Gasteiger partial charge in [0.1, 0.15) is 0 Å². The van der Waals surface area contributed by atoms with E-state index in [1.54, 1.807) is 0 Å². The van der Waals surface area contributed by atoms with Crippen molar-refractivity contribution in [2.75, 3.05) is 7.05 Å². The quantitative estimate of drug-likeness (QED) is 0.254. The van der Waals surface area contributed by atoms with Crippen molar-refractivity contribution in [1.29, 1.82) is 0 Å². The number of benzene rings is 1. The van der Waals surface area contributed by atoms with Crippen LogP contribution in [0.5, 0.6) is 0 Å². The molecule has 0 N–H and O–H groups in total. The number of aryl methyl sites for hydroxylation is 1. The number of nitrogens with zero attached hydrogens (tertiary/aromatic N) is 4. The van der Waals surface area contributed by atoms with Crippen LogP contribution >= 0.6 is 0 Å². The molecule has 0 aliphatic rings. The number of aromatic nitrogens is 1. The molecular formula is C18H20N4O3. The van der Waals surface area contributed by atoms with E-state index in [0.29, 0.717) is 6.42 Å². The summed E-state index contributed by atoms with van der Waals surface area (Å²) in [6, 6.07) is 10.1. The van der Waals surface area contributed by atoms with Crippen molar-refractivity contribution in [3.8, 4) is 0 Å². The third-order valence-electron chi connectivity index (χ3n) is 4.03. The second-order valence-corrected chi connectivity index (χ2v) is 5.79. The van der Waals surface area contributed by atoms with Crippen LogP contribution in [-0.2, 0) is 20.9 Å². The number of amides is 2. The maximum atomic E-state index is 12.1. The zero-order valence-electron chi connectivity index (χ0n) is 14.3. The zero-order valence-corrected chi connectivity index (χ0v) is 14.3. The van der Waals surface area contributed by atoms with Gasteiger partial charge in [0.25, 0.3) is 0 Å². The first-order valence-electron chi connectivity index (χ1n) is 8.03. The van der Waals surface area contributed by atoms with E-state index < -0.39 is 23.3 Å². The molecule has 0 saturated heterocycles. The Kier molecular flexibility index (Phi) is 5.98. The molecule has 0 fully saturated rings. The van der Waals surface area contributed by atoms with E-state index in [2.05, 4.69) is 9.36 Å². The van der Waals surface area contributed by atoms with Crippen molar-refractivity contribution in [2.24, 2.45) is 0 Å². The summed E-state index contributed by atoms with van der Waals surface area (Å²) < 4.78 is 2.13. The fourth-order valence-corrected chi connectivity index (χ4v) is 2.60. The minimum absolute atomic E-state index is 0.179. The minimum Gasteiger partial charge on any atom is -0.360 e. The SMILES string of the molecule is CC(=O)C(=[N+]=[N-])C(=O)N(C)C(=O)CCCCn1ccc2ccccc21. The molecule has 0 saturated carbocycles. The van der Waals surface area contributed by atoms with E-state index in [0.717, 1.165) is 30.3 Å². The normalized spacial score (nSPS) is 10.3. The van der Waals surface area contributed by atoms with E-state index in [-0.39, 0.29) is 6.42 Å². The minimum atomic E-state index is -0.892. The predicted octanol–water partition coefficient (Wildman–Crippen LogP) is 2.06. The molecular weight excluding hydrogens is 320 g/mol. The van der Waals surface area contributed by atoms with Gasteiger partial charge in [-0.2, -0.15) is 4.79 Å². The summed E-state index contributed by atoms with van der Waals surface area (Å²) in [4.78, 5) is 38.6. The highest BCUT2D eigenvalue weighted by atomic mass is 16.2. The smallest absolute Gasteiger partial charge is 0.360 e. The van der Waals surface area contributed by atoms with Gasteiger partial charge in [-0.15, -0.1) is 0 Å². The highest BCUT2D eigenvalue weighted by molar-refractivity contribution is 6.63. The van der Waals surface area contributed by atoms with Crippen LogP contribution in [0.4, 0.5) is 0 Å². The number of hydrogen-bond donors (Lipinski definition) is 0. The molecule has 0 aliphatic carbocycles. The van der Waals surface area contributed by atoms with Crippen LogP contribution < -0.4 is 0 Å². The monoisotopic (exact) mass is 340 g/mol. The maximum Gasteiger partial charge on any atom is 0.421 e. The number of hydrogen-bond acceptors (Lipinski definition) is 3. The second-order valence-electron chi connectivity index (χ2n) is 5.79. The Hall–Kier alpha value is -3.05. The lowest BCUT2D eigenvalue weighted by atomic mass is 10.2. The molecule has 0 aliphatic heterocycles. The van der Waals surface area contributed by atoms with E-state index in [4.69, 9.17) is 5.53 Å². The molecule has 130 valence electrons.